The summed E-state index contributed by atoms with van der Waals surface area (Å²) in [6.45, 7) is 8.67. The lowest BCUT2D eigenvalue weighted by molar-refractivity contribution is 0.0704. The van der Waals surface area contributed by atoms with Crippen molar-refractivity contribution in [2.24, 2.45) is 5.84 Å². The van der Waals surface area contributed by atoms with Gasteiger partial charge in [0.05, 0.1) is 5.39 Å². The minimum absolute atomic E-state index is 0.130. The second kappa shape index (κ2) is 5.17. The highest BCUT2D eigenvalue weighted by Crippen LogP contribution is 2.33. The van der Waals surface area contributed by atoms with Crippen LogP contribution in [0.5, 0.6) is 0 Å². The molecule has 2 rings (SSSR count). The number of nitrogens with one attached hydrogen (secondary N) is 1. The lowest BCUT2D eigenvalue weighted by Crippen LogP contribution is -2.13. The van der Waals surface area contributed by atoms with Crippen LogP contribution in [0.3, 0.4) is 0 Å². The molecule has 0 aliphatic carbocycles. The molecule has 18 heavy (non-hydrogen) atoms. The van der Waals surface area contributed by atoms with Gasteiger partial charge in [-0.15, -0.1) is 11.3 Å². The maximum atomic E-state index is 5.56. The van der Waals surface area contributed by atoms with E-state index < -0.39 is 0 Å². The molecule has 0 aromatic carbocycles. The van der Waals surface area contributed by atoms with Crippen molar-refractivity contribution in [1.82, 2.24) is 9.97 Å². The molecule has 2 heterocycles. The molecule has 98 valence electrons. The smallest absolute Gasteiger partial charge is 0.160 e. The average Bonchev–Trinajstić information content (AvgIpc) is 2.64. The number of hydrogen-bond acceptors (Lipinski definition) is 6. The molecule has 0 aliphatic rings. The summed E-state index contributed by atoms with van der Waals surface area (Å²) in [7, 11) is 0. The predicted octanol–water partition coefficient (Wildman–Crippen LogP) is 2.69. The number of aryl methyl sites for hydroxylation is 2. The number of hydrazine groups is 1. The Morgan fingerprint density at radius 2 is 2.11 bits per heavy atom. The topological polar surface area (TPSA) is 73.1 Å². The number of hydrogen-bond donors (Lipinski definition) is 2. The summed E-state index contributed by atoms with van der Waals surface area (Å²) in [5.41, 5.74) is 3.84. The lowest BCUT2D eigenvalue weighted by atomic mass is 10.2. The molecule has 2 aromatic rings. The standard InChI is InChI=1S/C12H18N4OS/c1-5-17-7(3)10-14-11(16-13)9-6(2)8(4)18-12(9)15-10/h7H,5,13H2,1-4H3,(H,14,15,16). The van der Waals surface area contributed by atoms with E-state index in [1.807, 2.05) is 13.8 Å². The first-order valence-corrected chi connectivity index (χ1v) is 6.76. The number of fused-ring (bicyclic) bond motifs is 1. The van der Waals surface area contributed by atoms with E-state index in [9.17, 15) is 0 Å². The first-order valence-electron chi connectivity index (χ1n) is 5.94. The molecule has 0 radical (unpaired) electrons. The fourth-order valence-corrected chi connectivity index (χ4v) is 2.91. The van der Waals surface area contributed by atoms with Gasteiger partial charge in [-0.1, -0.05) is 0 Å². The van der Waals surface area contributed by atoms with Crippen LogP contribution in [0.2, 0.25) is 0 Å². The number of thiophene rings is 1. The highest BCUT2D eigenvalue weighted by molar-refractivity contribution is 7.18. The van der Waals surface area contributed by atoms with Gasteiger partial charge in [-0.25, -0.2) is 15.8 Å². The van der Waals surface area contributed by atoms with Gasteiger partial charge in [0.2, 0.25) is 0 Å². The molecular weight excluding hydrogens is 248 g/mol. The molecule has 3 N–H and O–H groups in total. The van der Waals surface area contributed by atoms with Gasteiger partial charge in [-0.05, 0) is 33.3 Å². The maximum Gasteiger partial charge on any atom is 0.160 e. The van der Waals surface area contributed by atoms with Crippen LogP contribution in [-0.4, -0.2) is 16.6 Å². The molecule has 1 atom stereocenters. The lowest BCUT2D eigenvalue weighted by Gasteiger charge is -2.12. The minimum atomic E-state index is -0.130. The predicted molar refractivity (Wildman–Crippen MR) is 74.7 cm³/mol. The summed E-state index contributed by atoms with van der Waals surface area (Å²) >= 11 is 1.66. The summed E-state index contributed by atoms with van der Waals surface area (Å²) in [5.74, 6) is 6.90. The molecule has 0 fully saturated rings. The molecule has 1 unspecified atom stereocenters. The molecule has 0 bridgehead atoms. The summed E-state index contributed by atoms with van der Waals surface area (Å²) in [5, 5.41) is 1.01. The van der Waals surface area contributed by atoms with E-state index in [0.29, 0.717) is 18.2 Å². The van der Waals surface area contributed by atoms with E-state index in [2.05, 4.69) is 29.2 Å². The highest BCUT2D eigenvalue weighted by Gasteiger charge is 2.17. The Kier molecular flexibility index (Phi) is 3.79. The van der Waals surface area contributed by atoms with Gasteiger partial charge in [0.15, 0.2) is 11.6 Å². The number of ether oxygens (including phenoxy) is 1. The van der Waals surface area contributed by atoms with Crippen molar-refractivity contribution in [2.75, 3.05) is 12.0 Å². The minimum Gasteiger partial charge on any atom is -0.371 e. The quantitative estimate of drug-likeness (QED) is 0.657. The molecule has 5 nitrogen and oxygen atoms in total. The fourth-order valence-electron chi connectivity index (χ4n) is 1.88. The number of anilines is 1. The first-order chi connectivity index (χ1) is 8.58. The average molecular weight is 266 g/mol. The molecule has 2 aromatic heterocycles. The maximum absolute atomic E-state index is 5.56. The van der Waals surface area contributed by atoms with Crippen LogP contribution in [0.4, 0.5) is 5.82 Å². The molecule has 0 saturated carbocycles. The van der Waals surface area contributed by atoms with E-state index >= 15 is 0 Å². The Hall–Kier alpha value is -1.24. The van der Waals surface area contributed by atoms with Gasteiger partial charge in [0.1, 0.15) is 10.9 Å². The second-order valence-corrected chi connectivity index (χ2v) is 5.34. The third-order valence-electron chi connectivity index (χ3n) is 2.96. The van der Waals surface area contributed by atoms with Crippen LogP contribution in [0.1, 0.15) is 36.2 Å². The van der Waals surface area contributed by atoms with Crippen molar-refractivity contribution in [1.29, 1.82) is 0 Å². The zero-order chi connectivity index (χ0) is 13.3. The SMILES string of the molecule is CCOC(C)c1nc(NN)c2c(C)c(C)sc2n1. The zero-order valence-electron chi connectivity index (χ0n) is 11.1. The Bertz CT molecular complexity index is 567. The molecular formula is C12H18N4OS. The van der Waals surface area contributed by atoms with Crippen LogP contribution >= 0.6 is 11.3 Å². The van der Waals surface area contributed by atoms with Crippen molar-refractivity contribution >= 4 is 27.4 Å². The zero-order valence-corrected chi connectivity index (χ0v) is 11.9. The summed E-state index contributed by atoms with van der Waals surface area (Å²) in [4.78, 5) is 11.2. The Morgan fingerprint density at radius 1 is 1.39 bits per heavy atom. The third-order valence-corrected chi connectivity index (χ3v) is 4.06. The van der Waals surface area contributed by atoms with Gasteiger partial charge in [0, 0.05) is 11.5 Å². The summed E-state index contributed by atoms with van der Waals surface area (Å²) < 4.78 is 5.52. The van der Waals surface area contributed by atoms with Crippen LogP contribution in [-0.2, 0) is 4.74 Å². The van der Waals surface area contributed by atoms with E-state index in [1.165, 1.54) is 10.4 Å². The van der Waals surface area contributed by atoms with Crippen molar-refractivity contribution in [2.45, 2.75) is 33.8 Å². The highest BCUT2D eigenvalue weighted by atomic mass is 32.1. The van der Waals surface area contributed by atoms with Gasteiger partial charge in [-0.2, -0.15) is 0 Å². The molecule has 0 saturated heterocycles. The van der Waals surface area contributed by atoms with Crippen molar-refractivity contribution in [3.8, 4) is 0 Å². The fraction of sp³-hybridized carbons (Fsp3) is 0.500. The van der Waals surface area contributed by atoms with Crippen LogP contribution in [0.15, 0.2) is 0 Å². The Balaban J connectivity index is 2.59. The van der Waals surface area contributed by atoms with Crippen molar-refractivity contribution in [3.05, 3.63) is 16.3 Å². The van der Waals surface area contributed by atoms with E-state index in [1.54, 1.807) is 11.3 Å². The Labute approximate surface area is 110 Å². The number of nitrogen functional groups attached to an aromatic ring is 1. The van der Waals surface area contributed by atoms with Gasteiger partial charge in [-0.3, -0.25) is 0 Å². The number of rotatable bonds is 4. The van der Waals surface area contributed by atoms with E-state index in [0.717, 1.165) is 10.2 Å². The van der Waals surface area contributed by atoms with Gasteiger partial charge < -0.3 is 10.2 Å². The summed E-state index contributed by atoms with van der Waals surface area (Å²) in [6.07, 6.45) is -0.130. The Morgan fingerprint density at radius 3 is 2.72 bits per heavy atom. The first kappa shape index (κ1) is 13.2. The van der Waals surface area contributed by atoms with Crippen LogP contribution in [0, 0.1) is 13.8 Å². The van der Waals surface area contributed by atoms with Gasteiger partial charge >= 0.3 is 0 Å². The van der Waals surface area contributed by atoms with Gasteiger partial charge in [0.25, 0.3) is 0 Å². The normalized spacial score (nSPS) is 12.9. The monoisotopic (exact) mass is 266 g/mol. The van der Waals surface area contributed by atoms with Crippen LogP contribution < -0.4 is 11.3 Å². The number of nitrogens with zero attached hydrogens (tertiary/aromatic N) is 2. The summed E-state index contributed by atoms with van der Waals surface area (Å²) in [6, 6.07) is 0. The second-order valence-electron chi connectivity index (χ2n) is 4.14. The largest absolute Gasteiger partial charge is 0.371 e. The molecule has 0 amide bonds. The molecule has 6 heteroatoms. The molecule has 0 spiro atoms. The third kappa shape index (κ3) is 2.19. The molecule has 0 aliphatic heterocycles. The van der Waals surface area contributed by atoms with E-state index in [-0.39, 0.29) is 6.10 Å². The van der Waals surface area contributed by atoms with Crippen LogP contribution in [0.25, 0.3) is 10.2 Å². The number of aromatic nitrogens is 2. The van der Waals surface area contributed by atoms with Crippen molar-refractivity contribution < 1.29 is 4.74 Å². The van der Waals surface area contributed by atoms with E-state index in [4.69, 9.17) is 10.6 Å². The number of nitrogens with two attached hydrogens (primary N) is 1. The van der Waals surface area contributed by atoms with Crippen molar-refractivity contribution in [3.63, 3.8) is 0 Å².